The van der Waals surface area contributed by atoms with Crippen molar-refractivity contribution < 1.29 is 5.11 Å². The first kappa shape index (κ1) is 7.60. The molecular formula is C10H18O. The van der Waals surface area contributed by atoms with Crippen molar-refractivity contribution in [2.45, 2.75) is 51.0 Å². The highest BCUT2D eigenvalue weighted by Crippen LogP contribution is 2.40. The molecule has 64 valence electrons. The normalized spacial score (nSPS) is 45.0. The molecule has 0 aromatic rings. The molecule has 0 aromatic heterocycles. The van der Waals surface area contributed by atoms with Crippen LogP contribution in [0.15, 0.2) is 0 Å². The number of aliphatic hydroxyl groups is 1. The van der Waals surface area contributed by atoms with Crippen LogP contribution in [0.3, 0.4) is 0 Å². The third-order valence-corrected chi connectivity index (χ3v) is 3.54. The SMILES string of the molecule is O[C@@H]1CCC[C@@H]2CCCC[C@H]21. The van der Waals surface area contributed by atoms with E-state index in [4.69, 9.17) is 0 Å². The number of fused-ring (bicyclic) bond motifs is 1. The zero-order chi connectivity index (χ0) is 7.68. The van der Waals surface area contributed by atoms with E-state index in [-0.39, 0.29) is 6.10 Å². The molecule has 0 heterocycles. The Labute approximate surface area is 68.8 Å². The van der Waals surface area contributed by atoms with E-state index < -0.39 is 0 Å². The van der Waals surface area contributed by atoms with Gasteiger partial charge in [-0.05, 0) is 31.1 Å². The number of aliphatic hydroxyl groups excluding tert-OH is 1. The van der Waals surface area contributed by atoms with Crippen LogP contribution in [0.1, 0.15) is 44.9 Å². The van der Waals surface area contributed by atoms with Crippen molar-refractivity contribution in [1.29, 1.82) is 0 Å². The van der Waals surface area contributed by atoms with E-state index in [0.29, 0.717) is 5.92 Å². The fourth-order valence-corrected chi connectivity index (χ4v) is 2.90. The lowest BCUT2D eigenvalue weighted by Gasteiger charge is -2.38. The Kier molecular flexibility index (Phi) is 2.17. The zero-order valence-electron chi connectivity index (χ0n) is 7.13. The van der Waals surface area contributed by atoms with Crippen molar-refractivity contribution in [1.82, 2.24) is 0 Å². The third kappa shape index (κ3) is 1.44. The van der Waals surface area contributed by atoms with Crippen molar-refractivity contribution in [2.75, 3.05) is 0 Å². The van der Waals surface area contributed by atoms with Gasteiger partial charge >= 0.3 is 0 Å². The van der Waals surface area contributed by atoms with Crippen LogP contribution < -0.4 is 0 Å². The minimum Gasteiger partial charge on any atom is -0.393 e. The zero-order valence-corrected chi connectivity index (χ0v) is 7.13. The Balaban J connectivity index is 1.99. The maximum atomic E-state index is 9.70. The summed E-state index contributed by atoms with van der Waals surface area (Å²) >= 11 is 0. The van der Waals surface area contributed by atoms with E-state index in [1.807, 2.05) is 0 Å². The Morgan fingerprint density at radius 1 is 0.818 bits per heavy atom. The summed E-state index contributed by atoms with van der Waals surface area (Å²) in [4.78, 5) is 0. The summed E-state index contributed by atoms with van der Waals surface area (Å²) in [6, 6.07) is 0. The molecule has 0 aromatic carbocycles. The second-order valence-electron chi connectivity index (χ2n) is 4.21. The molecule has 11 heavy (non-hydrogen) atoms. The number of hydrogen-bond acceptors (Lipinski definition) is 1. The van der Waals surface area contributed by atoms with Crippen molar-refractivity contribution >= 4 is 0 Å². The van der Waals surface area contributed by atoms with E-state index in [2.05, 4.69) is 0 Å². The van der Waals surface area contributed by atoms with E-state index in [0.717, 1.165) is 12.3 Å². The van der Waals surface area contributed by atoms with Crippen LogP contribution >= 0.6 is 0 Å². The number of hydrogen-bond donors (Lipinski definition) is 1. The summed E-state index contributed by atoms with van der Waals surface area (Å²) in [6.45, 7) is 0. The monoisotopic (exact) mass is 154 g/mol. The lowest BCUT2D eigenvalue weighted by atomic mass is 9.69. The highest BCUT2D eigenvalue weighted by molar-refractivity contribution is 4.84. The largest absolute Gasteiger partial charge is 0.393 e. The summed E-state index contributed by atoms with van der Waals surface area (Å²) in [5.74, 6) is 1.56. The summed E-state index contributed by atoms with van der Waals surface area (Å²) in [7, 11) is 0. The second kappa shape index (κ2) is 3.14. The van der Waals surface area contributed by atoms with Gasteiger partial charge in [0.2, 0.25) is 0 Å². The predicted molar refractivity (Wildman–Crippen MR) is 45.3 cm³/mol. The first-order valence-corrected chi connectivity index (χ1v) is 5.06. The van der Waals surface area contributed by atoms with Gasteiger partial charge in [-0.1, -0.05) is 25.7 Å². The smallest absolute Gasteiger partial charge is 0.0571 e. The van der Waals surface area contributed by atoms with E-state index in [1.165, 1.54) is 38.5 Å². The maximum Gasteiger partial charge on any atom is 0.0571 e. The number of rotatable bonds is 0. The Hall–Kier alpha value is -0.0400. The van der Waals surface area contributed by atoms with Crippen LogP contribution in [0.25, 0.3) is 0 Å². The average molecular weight is 154 g/mol. The lowest BCUT2D eigenvalue weighted by molar-refractivity contribution is 0.0105. The van der Waals surface area contributed by atoms with Crippen LogP contribution in [0.4, 0.5) is 0 Å². The van der Waals surface area contributed by atoms with Gasteiger partial charge in [0.05, 0.1) is 6.10 Å². The quantitative estimate of drug-likeness (QED) is 0.568. The molecule has 1 nitrogen and oxygen atoms in total. The second-order valence-corrected chi connectivity index (χ2v) is 4.21. The third-order valence-electron chi connectivity index (χ3n) is 3.54. The first-order chi connectivity index (χ1) is 5.38. The summed E-state index contributed by atoms with van der Waals surface area (Å²) in [6.07, 6.45) is 9.24. The molecule has 1 heteroatoms. The molecule has 2 saturated carbocycles. The molecule has 0 unspecified atom stereocenters. The molecule has 1 N–H and O–H groups in total. The lowest BCUT2D eigenvalue weighted by Crippen LogP contribution is -2.34. The molecule has 0 bridgehead atoms. The van der Waals surface area contributed by atoms with Crippen LogP contribution in [-0.4, -0.2) is 11.2 Å². The van der Waals surface area contributed by atoms with Gasteiger partial charge < -0.3 is 5.11 Å². The van der Waals surface area contributed by atoms with Crippen LogP contribution in [0.5, 0.6) is 0 Å². The maximum absolute atomic E-state index is 9.70. The van der Waals surface area contributed by atoms with E-state index in [9.17, 15) is 5.11 Å². The van der Waals surface area contributed by atoms with Gasteiger partial charge in [0.15, 0.2) is 0 Å². The summed E-state index contributed by atoms with van der Waals surface area (Å²) in [5.41, 5.74) is 0. The minimum absolute atomic E-state index is 0.0500. The molecule has 2 fully saturated rings. The van der Waals surface area contributed by atoms with Gasteiger partial charge in [-0.15, -0.1) is 0 Å². The molecule has 0 aliphatic heterocycles. The van der Waals surface area contributed by atoms with Crippen molar-refractivity contribution in [3.63, 3.8) is 0 Å². The van der Waals surface area contributed by atoms with Gasteiger partial charge in [-0.3, -0.25) is 0 Å². The first-order valence-electron chi connectivity index (χ1n) is 5.06. The van der Waals surface area contributed by atoms with Crippen LogP contribution in [0, 0.1) is 11.8 Å². The molecule has 3 atom stereocenters. The average Bonchev–Trinajstić information content (AvgIpc) is 2.06. The van der Waals surface area contributed by atoms with Crippen molar-refractivity contribution in [3.05, 3.63) is 0 Å². The molecule has 2 aliphatic carbocycles. The Morgan fingerprint density at radius 3 is 2.36 bits per heavy atom. The fourth-order valence-electron chi connectivity index (χ4n) is 2.90. The van der Waals surface area contributed by atoms with Crippen LogP contribution in [-0.2, 0) is 0 Å². The van der Waals surface area contributed by atoms with E-state index >= 15 is 0 Å². The molecule has 0 saturated heterocycles. The van der Waals surface area contributed by atoms with Crippen molar-refractivity contribution in [2.24, 2.45) is 11.8 Å². The van der Waals surface area contributed by atoms with Crippen LogP contribution in [0.2, 0.25) is 0 Å². The molecule has 2 aliphatic rings. The molecule has 0 spiro atoms. The highest BCUT2D eigenvalue weighted by Gasteiger charge is 2.33. The predicted octanol–water partition coefficient (Wildman–Crippen LogP) is 2.34. The van der Waals surface area contributed by atoms with Gasteiger partial charge in [-0.2, -0.15) is 0 Å². The van der Waals surface area contributed by atoms with Gasteiger partial charge in [-0.25, -0.2) is 0 Å². The Bertz CT molecular complexity index is 131. The van der Waals surface area contributed by atoms with Gasteiger partial charge in [0.1, 0.15) is 0 Å². The summed E-state index contributed by atoms with van der Waals surface area (Å²) in [5, 5.41) is 9.70. The molecule has 2 rings (SSSR count). The standard InChI is InChI=1S/C10H18O/c11-10-7-3-5-8-4-1-2-6-9(8)10/h8-11H,1-7H2/t8-,9+,10+/m0/s1. The Morgan fingerprint density at radius 2 is 1.55 bits per heavy atom. The topological polar surface area (TPSA) is 20.2 Å². The summed E-state index contributed by atoms with van der Waals surface area (Å²) < 4.78 is 0. The molecule has 0 amide bonds. The fraction of sp³-hybridized carbons (Fsp3) is 1.00. The molecule has 0 radical (unpaired) electrons. The van der Waals surface area contributed by atoms with Crippen molar-refractivity contribution in [3.8, 4) is 0 Å². The van der Waals surface area contributed by atoms with E-state index in [1.54, 1.807) is 0 Å². The highest BCUT2D eigenvalue weighted by atomic mass is 16.3. The minimum atomic E-state index is 0.0500. The molecular weight excluding hydrogens is 136 g/mol. The van der Waals surface area contributed by atoms with Gasteiger partial charge in [0, 0.05) is 0 Å². The van der Waals surface area contributed by atoms with Gasteiger partial charge in [0.25, 0.3) is 0 Å².